The first-order chi connectivity index (χ1) is 11.9. The smallest absolute Gasteiger partial charge is 0.0694 e. The Morgan fingerprint density at radius 3 is 2.67 bits per heavy atom. The molecule has 3 aromatic rings. The molecule has 0 fully saturated rings. The van der Waals surface area contributed by atoms with Gasteiger partial charge in [-0.05, 0) is 60.4 Å². The van der Waals surface area contributed by atoms with Crippen molar-refractivity contribution >= 4 is 11.8 Å². The van der Waals surface area contributed by atoms with E-state index in [9.17, 15) is 0 Å². The summed E-state index contributed by atoms with van der Waals surface area (Å²) in [5.74, 6) is 0. The summed E-state index contributed by atoms with van der Waals surface area (Å²) in [6, 6.07) is 14.4. The van der Waals surface area contributed by atoms with Gasteiger partial charge in [-0.1, -0.05) is 12.1 Å². The van der Waals surface area contributed by atoms with E-state index in [1.54, 1.807) is 12.4 Å². The van der Waals surface area contributed by atoms with Crippen molar-refractivity contribution < 1.29 is 0 Å². The molecule has 118 valence electrons. The number of aliphatic imine (C=N–C) groups is 1. The first kappa shape index (κ1) is 14.6. The first-order valence-corrected chi connectivity index (χ1v) is 8.16. The van der Waals surface area contributed by atoms with Gasteiger partial charge in [0, 0.05) is 36.9 Å². The van der Waals surface area contributed by atoms with Gasteiger partial charge in [0.05, 0.1) is 11.4 Å². The molecular weight excluding hydrogens is 296 g/mol. The summed E-state index contributed by atoms with van der Waals surface area (Å²) in [7, 11) is 0. The lowest BCUT2D eigenvalue weighted by Gasteiger charge is -2.16. The fourth-order valence-corrected chi connectivity index (χ4v) is 2.95. The molecule has 0 atom stereocenters. The van der Waals surface area contributed by atoms with E-state index in [0.29, 0.717) is 0 Å². The van der Waals surface area contributed by atoms with Gasteiger partial charge >= 0.3 is 0 Å². The molecule has 0 aliphatic carbocycles. The SMILES string of the molecule is C(=C1/CCCN=C1c1cccnc1)/c1ccc(-n2cccn2)cc1. The van der Waals surface area contributed by atoms with E-state index >= 15 is 0 Å². The Hall–Kier alpha value is -3.01. The molecule has 0 N–H and O–H groups in total. The molecule has 0 bridgehead atoms. The van der Waals surface area contributed by atoms with Crippen LogP contribution in [0.4, 0.5) is 0 Å². The second kappa shape index (κ2) is 6.62. The van der Waals surface area contributed by atoms with Crippen molar-refractivity contribution in [3.05, 3.63) is 84.0 Å². The van der Waals surface area contributed by atoms with Crippen molar-refractivity contribution in [1.82, 2.24) is 14.8 Å². The van der Waals surface area contributed by atoms with Gasteiger partial charge in [0.25, 0.3) is 0 Å². The number of pyridine rings is 1. The van der Waals surface area contributed by atoms with E-state index in [4.69, 9.17) is 4.99 Å². The number of rotatable bonds is 3. The minimum atomic E-state index is 0.889. The average molecular weight is 314 g/mol. The Morgan fingerprint density at radius 2 is 1.92 bits per heavy atom. The number of aromatic nitrogens is 3. The van der Waals surface area contributed by atoms with Gasteiger partial charge < -0.3 is 0 Å². The molecule has 1 aliphatic rings. The highest BCUT2D eigenvalue weighted by atomic mass is 15.3. The Bertz CT molecular complexity index is 860. The molecule has 4 nitrogen and oxygen atoms in total. The maximum atomic E-state index is 4.73. The molecule has 4 heteroatoms. The zero-order valence-electron chi connectivity index (χ0n) is 13.3. The van der Waals surface area contributed by atoms with Crippen LogP contribution < -0.4 is 0 Å². The third-order valence-electron chi connectivity index (χ3n) is 4.12. The zero-order chi connectivity index (χ0) is 16.2. The van der Waals surface area contributed by atoms with Crippen LogP contribution in [0.25, 0.3) is 11.8 Å². The number of nitrogens with zero attached hydrogens (tertiary/aromatic N) is 4. The minimum absolute atomic E-state index is 0.889. The third-order valence-corrected chi connectivity index (χ3v) is 4.12. The molecule has 0 amide bonds. The summed E-state index contributed by atoms with van der Waals surface area (Å²) in [6.45, 7) is 0.889. The summed E-state index contributed by atoms with van der Waals surface area (Å²) in [4.78, 5) is 8.95. The number of hydrogen-bond acceptors (Lipinski definition) is 3. The summed E-state index contributed by atoms with van der Waals surface area (Å²) in [5.41, 5.74) is 5.69. The maximum Gasteiger partial charge on any atom is 0.0694 e. The lowest BCUT2D eigenvalue weighted by molar-refractivity contribution is 0.818. The highest BCUT2D eigenvalue weighted by Gasteiger charge is 2.14. The molecule has 4 rings (SSSR count). The number of hydrogen-bond donors (Lipinski definition) is 0. The first-order valence-electron chi connectivity index (χ1n) is 8.16. The molecule has 2 aromatic heterocycles. The van der Waals surface area contributed by atoms with Crippen LogP contribution in [0, 0.1) is 0 Å². The molecule has 24 heavy (non-hydrogen) atoms. The Kier molecular flexibility index (Phi) is 4.02. The average Bonchev–Trinajstić information content (AvgIpc) is 3.18. The molecule has 0 saturated heterocycles. The van der Waals surface area contributed by atoms with Crippen LogP contribution in [0.1, 0.15) is 24.0 Å². The molecular formula is C20H18N4. The van der Waals surface area contributed by atoms with Crippen LogP contribution in [0.3, 0.4) is 0 Å². The quantitative estimate of drug-likeness (QED) is 0.735. The minimum Gasteiger partial charge on any atom is -0.284 e. The lowest BCUT2D eigenvalue weighted by atomic mass is 9.95. The predicted octanol–water partition coefficient (Wildman–Crippen LogP) is 3.93. The largest absolute Gasteiger partial charge is 0.284 e. The van der Waals surface area contributed by atoms with Gasteiger partial charge in [-0.15, -0.1) is 0 Å². The van der Waals surface area contributed by atoms with E-state index in [1.807, 2.05) is 29.2 Å². The van der Waals surface area contributed by atoms with E-state index in [2.05, 4.69) is 46.5 Å². The second-order valence-electron chi connectivity index (χ2n) is 5.79. The van der Waals surface area contributed by atoms with Crippen molar-refractivity contribution in [1.29, 1.82) is 0 Å². The van der Waals surface area contributed by atoms with Crippen molar-refractivity contribution in [3.8, 4) is 5.69 Å². The number of allylic oxidation sites excluding steroid dienone is 1. The van der Waals surface area contributed by atoms with Crippen LogP contribution in [-0.2, 0) is 0 Å². The van der Waals surface area contributed by atoms with Crippen molar-refractivity contribution in [2.24, 2.45) is 4.99 Å². The highest BCUT2D eigenvalue weighted by molar-refractivity contribution is 6.15. The van der Waals surface area contributed by atoms with E-state index in [0.717, 1.165) is 36.3 Å². The van der Waals surface area contributed by atoms with Crippen LogP contribution in [-0.4, -0.2) is 27.0 Å². The van der Waals surface area contributed by atoms with Crippen LogP contribution in [0.2, 0.25) is 0 Å². The van der Waals surface area contributed by atoms with Crippen molar-refractivity contribution in [2.75, 3.05) is 6.54 Å². The van der Waals surface area contributed by atoms with Crippen LogP contribution in [0.5, 0.6) is 0 Å². The molecule has 3 heterocycles. The van der Waals surface area contributed by atoms with Crippen LogP contribution >= 0.6 is 0 Å². The normalized spacial score (nSPS) is 16.2. The van der Waals surface area contributed by atoms with E-state index in [1.165, 1.54) is 11.1 Å². The molecule has 0 saturated carbocycles. The molecule has 1 aromatic carbocycles. The fraction of sp³-hybridized carbons (Fsp3) is 0.150. The summed E-state index contributed by atoms with van der Waals surface area (Å²) < 4.78 is 1.86. The fourth-order valence-electron chi connectivity index (χ4n) is 2.95. The Labute approximate surface area is 141 Å². The molecule has 1 aliphatic heterocycles. The van der Waals surface area contributed by atoms with Crippen molar-refractivity contribution in [3.63, 3.8) is 0 Å². The van der Waals surface area contributed by atoms with Gasteiger partial charge in [0.2, 0.25) is 0 Å². The monoisotopic (exact) mass is 314 g/mol. The predicted molar refractivity (Wildman–Crippen MR) is 96.4 cm³/mol. The summed E-state index contributed by atoms with van der Waals surface area (Å²) in [6.07, 6.45) is 11.8. The van der Waals surface area contributed by atoms with E-state index < -0.39 is 0 Å². The lowest BCUT2D eigenvalue weighted by Crippen LogP contribution is -2.11. The zero-order valence-corrected chi connectivity index (χ0v) is 13.3. The molecule has 0 unspecified atom stereocenters. The Morgan fingerprint density at radius 1 is 1.00 bits per heavy atom. The maximum absolute atomic E-state index is 4.73. The standard InChI is InChI=1S/C20H18N4/c1-5-18(15-21-10-1)20-17(4-2-11-22-20)14-16-6-8-19(9-7-16)24-13-3-12-23-24/h1,3,5-10,12-15H,2,4,11H2/b17-14+. The molecule has 0 radical (unpaired) electrons. The van der Waals surface area contributed by atoms with E-state index in [-0.39, 0.29) is 0 Å². The summed E-state index contributed by atoms with van der Waals surface area (Å²) >= 11 is 0. The van der Waals surface area contributed by atoms with Gasteiger partial charge in [0.1, 0.15) is 0 Å². The second-order valence-corrected chi connectivity index (χ2v) is 5.79. The van der Waals surface area contributed by atoms with Gasteiger partial charge in [-0.25, -0.2) is 4.68 Å². The van der Waals surface area contributed by atoms with Crippen molar-refractivity contribution in [2.45, 2.75) is 12.8 Å². The van der Waals surface area contributed by atoms with Gasteiger partial charge in [-0.3, -0.25) is 9.98 Å². The van der Waals surface area contributed by atoms with Gasteiger partial charge in [-0.2, -0.15) is 5.10 Å². The number of benzene rings is 1. The van der Waals surface area contributed by atoms with Gasteiger partial charge in [0.15, 0.2) is 0 Å². The molecule has 0 spiro atoms. The third kappa shape index (κ3) is 3.04. The summed E-state index contributed by atoms with van der Waals surface area (Å²) in [5, 5.41) is 4.26. The van der Waals surface area contributed by atoms with Crippen LogP contribution in [0.15, 0.2) is 77.8 Å². The Balaban J connectivity index is 1.64. The topological polar surface area (TPSA) is 43.1 Å². The highest BCUT2D eigenvalue weighted by Crippen LogP contribution is 2.22.